The van der Waals surface area contributed by atoms with E-state index < -0.39 is 5.60 Å². The van der Waals surface area contributed by atoms with E-state index in [0.29, 0.717) is 13.1 Å². The Morgan fingerprint density at radius 3 is 2.80 bits per heavy atom. The maximum absolute atomic E-state index is 12.6. The number of nitrogens with zero attached hydrogens (tertiary/aromatic N) is 1. The zero-order valence-corrected chi connectivity index (χ0v) is 12.5. The molecule has 4 heteroatoms. The number of fused-ring (bicyclic) bond motifs is 1. The van der Waals surface area contributed by atoms with Crippen molar-refractivity contribution in [1.82, 2.24) is 4.90 Å². The molecular formula is C16H24N2O2. The lowest BCUT2D eigenvalue weighted by molar-refractivity contribution is -0.135. The van der Waals surface area contributed by atoms with Crippen LogP contribution in [0.4, 0.5) is 5.69 Å². The molecule has 1 amide bonds. The minimum atomic E-state index is -0.863. The summed E-state index contributed by atoms with van der Waals surface area (Å²) in [6, 6.07) is 7.92. The van der Waals surface area contributed by atoms with Crippen LogP contribution in [0.1, 0.15) is 32.8 Å². The Morgan fingerprint density at radius 2 is 2.15 bits per heavy atom. The third-order valence-corrected chi connectivity index (χ3v) is 3.62. The van der Waals surface area contributed by atoms with E-state index in [1.807, 2.05) is 25.1 Å². The maximum Gasteiger partial charge on any atom is 0.245 e. The second kappa shape index (κ2) is 5.83. The van der Waals surface area contributed by atoms with Crippen molar-refractivity contribution >= 4 is 11.6 Å². The highest BCUT2D eigenvalue weighted by molar-refractivity contribution is 5.85. The summed E-state index contributed by atoms with van der Waals surface area (Å²) in [6.45, 7) is 6.38. The van der Waals surface area contributed by atoms with Gasteiger partial charge in [0.15, 0.2) is 0 Å². The zero-order chi connectivity index (χ0) is 14.8. The fraction of sp³-hybridized carbons (Fsp3) is 0.562. The first-order valence-corrected chi connectivity index (χ1v) is 7.26. The molecule has 1 aliphatic heterocycles. The molecule has 1 heterocycles. The van der Waals surface area contributed by atoms with Crippen LogP contribution in [-0.2, 0) is 11.2 Å². The van der Waals surface area contributed by atoms with E-state index in [-0.39, 0.29) is 11.9 Å². The van der Waals surface area contributed by atoms with E-state index >= 15 is 0 Å². The predicted octanol–water partition coefficient (Wildman–Crippen LogP) is 2.03. The molecule has 1 atom stereocenters. The number of hydrogen-bond donors (Lipinski definition) is 2. The Kier molecular flexibility index (Phi) is 4.33. The first-order chi connectivity index (χ1) is 9.40. The predicted molar refractivity (Wildman–Crippen MR) is 80.7 cm³/mol. The van der Waals surface area contributed by atoms with Gasteiger partial charge in [0.25, 0.3) is 0 Å². The van der Waals surface area contributed by atoms with Crippen molar-refractivity contribution in [3.05, 3.63) is 29.8 Å². The van der Waals surface area contributed by atoms with Crippen LogP contribution in [0.5, 0.6) is 0 Å². The van der Waals surface area contributed by atoms with E-state index in [1.54, 1.807) is 18.7 Å². The highest BCUT2D eigenvalue weighted by Gasteiger charge is 2.29. The molecule has 0 aromatic heterocycles. The summed E-state index contributed by atoms with van der Waals surface area (Å²) in [5.74, 6) is 0.0733. The first-order valence-electron chi connectivity index (χ1n) is 7.26. The number of aliphatic hydroxyl groups is 1. The molecule has 2 rings (SSSR count). The smallest absolute Gasteiger partial charge is 0.245 e. The van der Waals surface area contributed by atoms with Crippen molar-refractivity contribution in [3.8, 4) is 0 Å². The number of para-hydroxylation sites is 1. The lowest BCUT2D eigenvalue weighted by atomic mass is 9.97. The molecule has 1 aromatic carbocycles. The van der Waals surface area contributed by atoms with Crippen molar-refractivity contribution in [2.75, 3.05) is 18.4 Å². The standard InChI is InChI=1S/C16H24N2O2/c1-4-18(11-16(2,3)20)15(19)14-10-9-12-7-5-6-8-13(12)17-14/h5-8,14,17,20H,4,9-11H2,1-3H3. The van der Waals surface area contributed by atoms with Gasteiger partial charge < -0.3 is 15.3 Å². The van der Waals surface area contributed by atoms with E-state index in [2.05, 4.69) is 11.4 Å². The molecule has 0 saturated heterocycles. The molecule has 1 unspecified atom stereocenters. The van der Waals surface area contributed by atoms with Crippen LogP contribution in [0, 0.1) is 0 Å². The molecule has 110 valence electrons. The molecule has 1 aromatic rings. The molecule has 0 spiro atoms. The number of carbonyl (C=O) groups excluding carboxylic acids is 1. The van der Waals surface area contributed by atoms with Gasteiger partial charge in [-0.05, 0) is 45.2 Å². The van der Waals surface area contributed by atoms with Gasteiger partial charge >= 0.3 is 0 Å². The van der Waals surface area contributed by atoms with Crippen molar-refractivity contribution in [1.29, 1.82) is 0 Å². The number of rotatable bonds is 4. The van der Waals surface area contributed by atoms with Crippen LogP contribution in [0.2, 0.25) is 0 Å². The van der Waals surface area contributed by atoms with Gasteiger partial charge in [-0.15, -0.1) is 0 Å². The number of likely N-dealkylation sites (N-methyl/N-ethyl adjacent to an activating group) is 1. The normalized spacial score (nSPS) is 18.1. The quantitative estimate of drug-likeness (QED) is 0.885. The monoisotopic (exact) mass is 276 g/mol. The summed E-state index contributed by atoms with van der Waals surface area (Å²) in [7, 11) is 0. The van der Waals surface area contributed by atoms with Crippen LogP contribution in [-0.4, -0.2) is 40.6 Å². The van der Waals surface area contributed by atoms with Crippen LogP contribution < -0.4 is 5.32 Å². The van der Waals surface area contributed by atoms with E-state index in [9.17, 15) is 9.90 Å². The first kappa shape index (κ1) is 14.9. The molecule has 20 heavy (non-hydrogen) atoms. The van der Waals surface area contributed by atoms with Crippen molar-refractivity contribution < 1.29 is 9.90 Å². The second-order valence-corrected chi connectivity index (χ2v) is 6.06. The summed E-state index contributed by atoms with van der Waals surface area (Å²) in [4.78, 5) is 14.3. The summed E-state index contributed by atoms with van der Waals surface area (Å²) >= 11 is 0. The second-order valence-electron chi connectivity index (χ2n) is 6.06. The number of carbonyl (C=O) groups is 1. The molecule has 0 radical (unpaired) electrons. The highest BCUT2D eigenvalue weighted by atomic mass is 16.3. The topological polar surface area (TPSA) is 52.6 Å². The maximum atomic E-state index is 12.6. The Morgan fingerprint density at radius 1 is 1.45 bits per heavy atom. The molecule has 0 bridgehead atoms. The number of amides is 1. The van der Waals surface area contributed by atoms with Gasteiger partial charge in [-0.25, -0.2) is 0 Å². The number of hydrogen-bond acceptors (Lipinski definition) is 3. The Labute approximate surface area is 120 Å². The summed E-state index contributed by atoms with van der Waals surface area (Å²) < 4.78 is 0. The van der Waals surface area contributed by atoms with Gasteiger partial charge in [-0.1, -0.05) is 18.2 Å². The largest absolute Gasteiger partial charge is 0.389 e. The van der Waals surface area contributed by atoms with Crippen LogP contribution >= 0.6 is 0 Å². The van der Waals surface area contributed by atoms with Crippen LogP contribution in [0.3, 0.4) is 0 Å². The lowest BCUT2D eigenvalue weighted by Gasteiger charge is -2.33. The SMILES string of the molecule is CCN(CC(C)(C)O)C(=O)C1CCc2ccccc2N1. The lowest BCUT2D eigenvalue weighted by Crippen LogP contribution is -2.49. The average Bonchev–Trinajstić information content (AvgIpc) is 2.42. The number of benzene rings is 1. The molecule has 0 fully saturated rings. The Hall–Kier alpha value is -1.55. The van der Waals surface area contributed by atoms with Gasteiger partial charge in [0, 0.05) is 18.8 Å². The van der Waals surface area contributed by atoms with Crippen molar-refractivity contribution in [2.24, 2.45) is 0 Å². The van der Waals surface area contributed by atoms with Gasteiger partial charge in [0.1, 0.15) is 6.04 Å². The number of anilines is 1. The average molecular weight is 276 g/mol. The number of nitrogens with one attached hydrogen (secondary N) is 1. The van der Waals surface area contributed by atoms with Gasteiger partial charge in [0.05, 0.1) is 5.60 Å². The van der Waals surface area contributed by atoms with Crippen molar-refractivity contribution in [3.63, 3.8) is 0 Å². The zero-order valence-electron chi connectivity index (χ0n) is 12.5. The Bertz CT molecular complexity index is 480. The third-order valence-electron chi connectivity index (χ3n) is 3.62. The fourth-order valence-corrected chi connectivity index (χ4v) is 2.66. The molecule has 1 aliphatic rings. The summed E-state index contributed by atoms with van der Waals surface area (Å²) in [5.41, 5.74) is 1.46. The summed E-state index contributed by atoms with van der Waals surface area (Å²) in [5, 5.41) is 13.2. The molecule has 0 aliphatic carbocycles. The van der Waals surface area contributed by atoms with Gasteiger partial charge in [-0.2, -0.15) is 0 Å². The van der Waals surface area contributed by atoms with Crippen molar-refractivity contribution in [2.45, 2.75) is 45.3 Å². The van der Waals surface area contributed by atoms with E-state index in [1.165, 1.54) is 5.56 Å². The van der Waals surface area contributed by atoms with E-state index in [0.717, 1.165) is 18.5 Å². The molecule has 2 N–H and O–H groups in total. The van der Waals surface area contributed by atoms with Crippen LogP contribution in [0.15, 0.2) is 24.3 Å². The highest BCUT2D eigenvalue weighted by Crippen LogP contribution is 2.25. The van der Waals surface area contributed by atoms with Gasteiger partial charge in [-0.3, -0.25) is 4.79 Å². The minimum absolute atomic E-state index is 0.0733. The molecule has 0 saturated carbocycles. The minimum Gasteiger partial charge on any atom is -0.389 e. The van der Waals surface area contributed by atoms with E-state index in [4.69, 9.17) is 0 Å². The molecular weight excluding hydrogens is 252 g/mol. The molecule has 4 nitrogen and oxygen atoms in total. The van der Waals surface area contributed by atoms with Gasteiger partial charge in [0.2, 0.25) is 5.91 Å². The van der Waals surface area contributed by atoms with Crippen LogP contribution in [0.25, 0.3) is 0 Å². The Balaban J connectivity index is 2.07. The third kappa shape index (κ3) is 3.51. The fourth-order valence-electron chi connectivity index (χ4n) is 2.66. The number of aryl methyl sites for hydroxylation is 1. The summed E-state index contributed by atoms with van der Waals surface area (Å²) in [6.07, 6.45) is 1.72.